The first-order valence-electron chi connectivity index (χ1n) is 5.74. The topological polar surface area (TPSA) is 12.0 Å². The predicted octanol–water partition coefficient (Wildman–Crippen LogP) is 2.49. The van der Waals surface area contributed by atoms with E-state index in [1.807, 2.05) is 0 Å². The molecule has 1 aromatic rings. The molecule has 0 saturated carbocycles. The maximum atomic E-state index is 3.56. The third-order valence-electron chi connectivity index (χ3n) is 3.60. The van der Waals surface area contributed by atoms with Gasteiger partial charge in [-0.15, -0.1) is 11.3 Å². The highest BCUT2D eigenvalue weighted by Crippen LogP contribution is 2.43. The van der Waals surface area contributed by atoms with E-state index < -0.39 is 0 Å². The fraction of sp³-hybridized carbons (Fsp3) is 0.667. The molecule has 0 spiro atoms. The zero-order valence-electron chi connectivity index (χ0n) is 8.73. The number of rotatable bonds is 1. The molecule has 1 N–H and O–H groups in total. The highest BCUT2D eigenvalue weighted by atomic mass is 32.1. The zero-order chi connectivity index (χ0) is 9.54. The van der Waals surface area contributed by atoms with E-state index in [0.29, 0.717) is 0 Å². The molecule has 14 heavy (non-hydrogen) atoms. The largest absolute Gasteiger partial charge is 0.316 e. The average molecular weight is 207 g/mol. The van der Waals surface area contributed by atoms with E-state index >= 15 is 0 Å². The first-order chi connectivity index (χ1) is 6.90. The summed E-state index contributed by atoms with van der Waals surface area (Å²) in [7, 11) is 0. The normalized spacial score (nSPS) is 24.8. The Kier molecular flexibility index (Phi) is 2.14. The summed E-state index contributed by atoms with van der Waals surface area (Å²) in [5.74, 6) is 0.846. The number of hydrogen-bond donors (Lipinski definition) is 1. The van der Waals surface area contributed by atoms with Crippen molar-refractivity contribution in [1.29, 1.82) is 0 Å². The standard InChI is InChI=1S/C12H17NS/c1-2-10-9-4-3-8-7-13-6-5-11(14-10)12(8)9/h8,13H,2-7H2,1H3. The molecule has 76 valence electrons. The van der Waals surface area contributed by atoms with Crippen LogP contribution in [0.4, 0.5) is 0 Å². The summed E-state index contributed by atoms with van der Waals surface area (Å²) < 4.78 is 0. The number of nitrogens with one attached hydrogen (secondary N) is 1. The predicted molar refractivity (Wildman–Crippen MR) is 61.3 cm³/mol. The van der Waals surface area contributed by atoms with Crippen molar-refractivity contribution in [2.75, 3.05) is 13.1 Å². The molecule has 1 aliphatic carbocycles. The van der Waals surface area contributed by atoms with Crippen molar-refractivity contribution in [2.45, 2.75) is 38.5 Å². The molecule has 0 aromatic carbocycles. The Morgan fingerprint density at radius 2 is 2.36 bits per heavy atom. The molecule has 0 amide bonds. The Morgan fingerprint density at radius 1 is 1.43 bits per heavy atom. The Morgan fingerprint density at radius 3 is 3.21 bits per heavy atom. The Balaban J connectivity index is 2.12. The maximum Gasteiger partial charge on any atom is 0.00989 e. The van der Waals surface area contributed by atoms with Gasteiger partial charge in [-0.2, -0.15) is 0 Å². The van der Waals surface area contributed by atoms with Gasteiger partial charge in [-0.25, -0.2) is 0 Å². The third kappa shape index (κ3) is 1.17. The summed E-state index contributed by atoms with van der Waals surface area (Å²) in [6.45, 7) is 4.71. The molecule has 1 aliphatic heterocycles. The van der Waals surface area contributed by atoms with Crippen LogP contribution >= 0.6 is 11.3 Å². The fourth-order valence-corrected chi connectivity index (χ4v) is 4.33. The van der Waals surface area contributed by atoms with Crippen molar-refractivity contribution in [1.82, 2.24) is 5.32 Å². The van der Waals surface area contributed by atoms with Crippen molar-refractivity contribution in [3.63, 3.8) is 0 Å². The first kappa shape index (κ1) is 8.93. The smallest absolute Gasteiger partial charge is 0.00989 e. The summed E-state index contributed by atoms with van der Waals surface area (Å²) in [5, 5.41) is 3.56. The maximum absolute atomic E-state index is 3.56. The lowest BCUT2D eigenvalue weighted by Crippen LogP contribution is -2.19. The molecule has 0 fully saturated rings. The van der Waals surface area contributed by atoms with E-state index in [1.165, 1.54) is 38.8 Å². The van der Waals surface area contributed by atoms with Gasteiger partial charge in [0.2, 0.25) is 0 Å². The van der Waals surface area contributed by atoms with E-state index in [9.17, 15) is 0 Å². The van der Waals surface area contributed by atoms with Crippen molar-refractivity contribution in [3.8, 4) is 0 Å². The van der Waals surface area contributed by atoms with Crippen molar-refractivity contribution in [2.24, 2.45) is 0 Å². The lowest BCUT2D eigenvalue weighted by Gasteiger charge is -2.07. The second kappa shape index (κ2) is 3.35. The van der Waals surface area contributed by atoms with E-state index in [0.717, 1.165) is 5.92 Å². The van der Waals surface area contributed by atoms with Crippen molar-refractivity contribution < 1.29 is 0 Å². The van der Waals surface area contributed by atoms with Crippen LogP contribution < -0.4 is 5.32 Å². The minimum absolute atomic E-state index is 0.846. The van der Waals surface area contributed by atoms with Crippen LogP contribution in [0.5, 0.6) is 0 Å². The van der Waals surface area contributed by atoms with Crippen LogP contribution in [0, 0.1) is 0 Å². The Hall–Kier alpha value is -0.340. The molecule has 0 radical (unpaired) electrons. The van der Waals surface area contributed by atoms with Gasteiger partial charge in [-0.05, 0) is 49.3 Å². The molecule has 0 saturated heterocycles. The van der Waals surface area contributed by atoms with Gasteiger partial charge >= 0.3 is 0 Å². The molecule has 0 bridgehead atoms. The van der Waals surface area contributed by atoms with E-state index in [-0.39, 0.29) is 0 Å². The van der Waals surface area contributed by atoms with Gasteiger partial charge in [0.05, 0.1) is 0 Å². The molecule has 1 atom stereocenters. The van der Waals surface area contributed by atoms with Crippen molar-refractivity contribution in [3.05, 3.63) is 20.9 Å². The minimum Gasteiger partial charge on any atom is -0.316 e. The summed E-state index contributed by atoms with van der Waals surface area (Å²) >= 11 is 2.09. The molecule has 2 heteroatoms. The van der Waals surface area contributed by atoms with Crippen LogP contribution in [0.25, 0.3) is 0 Å². The summed E-state index contributed by atoms with van der Waals surface area (Å²) in [5.41, 5.74) is 3.50. The van der Waals surface area contributed by atoms with Crippen LogP contribution in [-0.2, 0) is 19.3 Å². The second-order valence-electron chi connectivity index (χ2n) is 4.38. The second-order valence-corrected chi connectivity index (χ2v) is 5.57. The lowest BCUT2D eigenvalue weighted by atomic mass is 10.0. The first-order valence-corrected chi connectivity index (χ1v) is 6.55. The van der Waals surface area contributed by atoms with Crippen LogP contribution in [0.2, 0.25) is 0 Å². The van der Waals surface area contributed by atoms with Crippen molar-refractivity contribution >= 4 is 11.3 Å². The van der Waals surface area contributed by atoms with Gasteiger partial charge in [0.15, 0.2) is 0 Å². The van der Waals surface area contributed by atoms with Gasteiger partial charge in [0, 0.05) is 16.3 Å². The molecule has 1 unspecified atom stereocenters. The van der Waals surface area contributed by atoms with Crippen LogP contribution in [0.1, 0.15) is 40.1 Å². The summed E-state index contributed by atoms with van der Waals surface area (Å²) in [4.78, 5) is 3.38. The highest BCUT2D eigenvalue weighted by molar-refractivity contribution is 7.12. The highest BCUT2D eigenvalue weighted by Gasteiger charge is 2.30. The monoisotopic (exact) mass is 207 g/mol. The zero-order valence-corrected chi connectivity index (χ0v) is 9.54. The number of aryl methyl sites for hydroxylation is 1. The molecule has 1 nitrogen and oxygen atoms in total. The van der Waals surface area contributed by atoms with E-state index in [1.54, 1.807) is 20.9 Å². The Bertz CT molecular complexity index is 353. The van der Waals surface area contributed by atoms with Crippen LogP contribution in [0.15, 0.2) is 0 Å². The van der Waals surface area contributed by atoms with Crippen LogP contribution in [0.3, 0.4) is 0 Å². The molecular weight excluding hydrogens is 190 g/mol. The fourth-order valence-electron chi connectivity index (χ4n) is 2.95. The van der Waals surface area contributed by atoms with Crippen LogP contribution in [-0.4, -0.2) is 13.1 Å². The van der Waals surface area contributed by atoms with Gasteiger partial charge in [0.25, 0.3) is 0 Å². The van der Waals surface area contributed by atoms with Gasteiger partial charge in [0.1, 0.15) is 0 Å². The average Bonchev–Trinajstić information content (AvgIpc) is 2.68. The number of thiophene rings is 1. The minimum atomic E-state index is 0.846. The lowest BCUT2D eigenvalue weighted by molar-refractivity contribution is 0.601. The number of hydrogen-bond acceptors (Lipinski definition) is 2. The van der Waals surface area contributed by atoms with Gasteiger partial charge in [-0.3, -0.25) is 0 Å². The van der Waals surface area contributed by atoms with E-state index in [2.05, 4.69) is 23.6 Å². The summed E-state index contributed by atoms with van der Waals surface area (Å²) in [6.07, 6.45) is 5.25. The molecule has 2 heterocycles. The van der Waals surface area contributed by atoms with E-state index in [4.69, 9.17) is 0 Å². The Labute approximate surface area is 89.5 Å². The van der Waals surface area contributed by atoms with Gasteiger partial charge < -0.3 is 5.32 Å². The molecule has 3 rings (SSSR count). The SMILES string of the molecule is CCc1sc2c3c1CCC3CNCC2. The third-order valence-corrected chi connectivity index (χ3v) is 5.05. The molecular formula is C12H17NS. The molecule has 1 aromatic heterocycles. The summed E-state index contributed by atoms with van der Waals surface area (Å²) in [6, 6.07) is 0. The quantitative estimate of drug-likeness (QED) is 0.746. The molecule has 2 aliphatic rings. The van der Waals surface area contributed by atoms with Gasteiger partial charge in [-0.1, -0.05) is 6.92 Å².